The third kappa shape index (κ3) is 4.40. The summed E-state index contributed by atoms with van der Waals surface area (Å²) in [5, 5.41) is 0.179. The van der Waals surface area contributed by atoms with Crippen LogP contribution in [-0.2, 0) is 4.74 Å². The first-order valence-electron chi connectivity index (χ1n) is 5.50. The highest BCUT2D eigenvalue weighted by Crippen LogP contribution is 2.20. The van der Waals surface area contributed by atoms with Gasteiger partial charge in [0.2, 0.25) is 0 Å². The van der Waals surface area contributed by atoms with Gasteiger partial charge in [0.15, 0.2) is 0 Å². The van der Waals surface area contributed by atoms with Crippen LogP contribution in [0.1, 0.15) is 10.4 Å². The largest absolute Gasteiger partial charge is 0.383 e. The third-order valence-corrected chi connectivity index (χ3v) is 3.09. The van der Waals surface area contributed by atoms with Crippen LogP contribution < -0.4 is 0 Å². The van der Waals surface area contributed by atoms with Crippen LogP contribution in [0.2, 0.25) is 5.02 Å². The van der Waals surface area contributed by atoms with E-state index in [-0.39, 0.29) is 10.6 Å². The normalized spacial score (nSPS) is 10.6. The predicted octanol–water partition coefficient (Wildman–Crippen LogP) is 3.10. The number of methoxy groups -OCH3 is 1. The standard InChI is InChI=1S/C12H13BrClF2NO2/c1-19-5-4-17(3-2-13)12(18)8-6-11(16)9(14)7-10(8)15/h6-7H,2-5H2,1H3. The molecule has 0 fully saturated rings. The number of ether oxygens (including phenoxy) is 1. The minimum absolute atomic E-state index is 0.296. The number of hydrogen-bond acceptors (Lipinski definition) is 2. The second kappa shape index (κ2) is 7.77. The SMILES string of the molecule is COCCN(CCBr)C(=O)c1cc(F)c(Cl)cc1F. The van der Waals surface area contributed by atoms with Gasteiger partial charge in [-0.15, -0.1) is 0 Å². The summed E-state index contributed by atoms with van der Waals surface area (Å²) in [5.74, 6) is -2.25. The molecule has 0 atom stereocenters. The van der Waals surface area contributed by atoms with Crippen molar-refractivity contribution in [3.8, 4) is 0 Å². The summed E-state index contributed by atoms with van der Waals surface area (Å²) in [6, 6.07) is 1.61. The average Bonchev–Trinajstić information content (AvgIpc) is 2.38. The Morgan fingerprint density at radius 3 is 2.63 bits per heavy atom. The zero-order valence-corrected chi connectivity index (χ0v) is 12.6. The first-order valence-corrected chi connectivity index (χ1v) is 7.00. The highest BCUT2D eigenvalue weighted by atomic mass is 79.9. The molecule has 0 aliphatic heterocycles. The molecule has 0 N–H and O–H groups in total. The Morgan fingerprint density at radius 2 is 2.05 bits per heavy atom. The molecular formula is C12H13BrClF2NO2. The Balaban J connectivity index is 2.98. The van der Waals surface area contributed by atoms with E-state index >= 15 is 0 Å². The van der Waals surface area contributed by atoms with E-state index in [0.717, 1.165) is 12.1 Å². The number of benzene rings is 1. The molecule has 106 valence electrons. The lowest BCUT2D eigenvalue weighted by atomic mass is 10.1. The molecule has 0 saturated carbocycles. The van der Waals surface area contributed by atoms with Crippen molar-refractivity contribution in [1.29, 1.82) is 0 Å². The fourth-order valence-electron chi connectivity index (χ4n) is 1.48. The monoisotopic (exact) mass is 355 g/mol. The van der Waals surface area contributed by atoms with Crippen LogP contribution >= 0.6 is 27.5 Å². The second-order valence-electron chi connectivity index (χ2n) is 3.72. The number of amides is 1. The smallest absolute Gasteiger partial charge is 0.257 e. The number of carbonyl (C=O) groups is 1. The quantitative estimate of drug-likeness (QED) is 0.579. The van der Waals surface area contributed by atoms with Crippen LogP contribution in [0.4, 0.5) is 8.78 Å². The Morgan fingerprint density at radius 1 is 1.37 bits per heavy atom. The summed E-state index contributed by atoms with van der Waals surface area (Å²) in [6.45, 7) is 0.979. The van der Waals surface area contributed by atoms with E-state index in [2.05, 4.69) is 15.9 Å². The number of rotatable bonds is 6. The molecule has 0 saturated heterocycles. The minimum Gasteiger partial charge on any atom is -0.383 e. The second-order valence-corrected chi connectivity index (χ2v) is 4.92. The lowest BCUT2D eigenvalue weighted by molar-refractivity contribution is 0.0704. The van der Waals surface area contributed by atoms with E-state index in [1.165, 1.54) is 12.0 Å². The first kappa shape index (κ1) is 16.3. The van der Waals surface area contributed by atoms with Gasteiger partial charge >= 0.3 is 0 Å². The first-order chi connectivity index (χ1) is 9.01. The van der Waals surface area contributed by atoms with Crippen LogP contribution in [0.25, 0.3) is 0 Å². The van der Waals surface area contributed by atoms with Gasteiger partial charge in [-0.05, 0) is 12.1 Å². The van der Waals surface area contributed by atoms with Crippen molar-refractivity contribution in [2.75, 3.05) is 32.1 Å². The van der Waals surface area contributed by atoms with Gasteiger partial charge in [0.25, 0.3) is 5.91 Å². The Kier molecular flexibility index (Phi) is 6.68. The Hall–Kier alpha value is -0.720. The summed E-state index contributed by atoms with van der Waals surface area (Å²) in [4.78, 5) is 13.5. The highest BCUT2D eigenvalue weighted by molar-refractivity contribution is 9.09. The number of alkyl halides is 1. The molecule has 1 aromatic rings. The summed E-state index contributed by atoms with van der Waals surface area (Å²) >= 11 is 8.65. The van der Waals surface area contributed by atoms with E-state index in [0.29, 0.717) is 25.0 Å². The van der Waals surface area contributed by atoms with Gasteiger partial charge in [0.05, 0.1) is 17.2 Å². The Labute approximate surface area is 123 Å². The van der Waals surface area contributed by atoms with Gasteiger partial charge in [-0.2, -0.15) is 0 Å². The number of hydrogen-bond donors (Lipinski definition) is 0. The maximum Gasteiger partial charge on any atom is 0.257 e. The van der Waals surface area contributed by atoms with Gasteiger partial charge in [0, 0.05) is 25.5 Å². The molecule has 0 bridgehead atoms. The Bertz CT molecular complexity index is 460. The number of carbonyl (C=O) groups excluding carboxylic acids is 1. The zero-order valence-electron chi connectivity index (χ0n) is 10.3. The maximum atomic E-state index is 13.7. The third-order valence-electron chi connectivity index (χ3n) is 2.45. The van der Waals surface area contributed by atoms with Crippen LogP contribution in [0.15, 0.2) is 12.1 Å². The van der Waals surface area contributed by atoms with E-state index < -0.39 is 17.5 Å². The van der Waals surface area contributed by atoms with Crippen LogP contribution in [0, 0.1) is 11.6 Å². The van der Waals surface area contributed by atoms with E-state index in [1.54, 1.807) is 0 Å². The van der Waals surface area contributed by atoms with Crippen LogP contribution in [0.3, 0.4) is 0 Å². The molecule has 0 aliphatic carbocycles. The van der Waals surface area contributed by atoms with Crippen molar-refractivity contribution < 1.29 is 18.3 Å². The summed E-state index contributed by atoms with van der Waals surface area (Å²) in [6.07, 6.45) is 0. The van der Waals surface area contributed by atoms with Gasteiger partial charge in [-0.25, -0.2) is 8.78 Å². The van der Waals surface area contributed by atoms with E-state index in [9.17, 15) is 13.6 Å². The molecule has 0 spiro atoms. The van der Waals surface area contributed by atoms with Gasteiger partial charge in [-0.1, -0.05) is 27.5 Å². The molecule has 0 aromatic heterocycles. The fourth-order valence-corrected chi connectivity index (χ4v) is 2.05. The van der Waals surface area contributed by atoms with Crippen molar-refractivity contribution in [1.82, 2.24) is 4.90 Å². The van der Waals surface area contributed by atoms with E-state index in [1.807, 2.05) is 0 Å². The molecule has 19 heavy (non-hydrogen) atoms. The maximum absolute atomic E-state index is 13.7. The topological polar surface area (TPSA) is 29.5 Å². The summed E-state index contributed by atoms with van der Waals surface area (Å²) in [7, 11) is 1.50. The van der Waals surface area contributed by atoms with Crippen molar-refractivity contribution in [3.63, 3.8) is 0 Å². The predicted molar refractivity (Wildman–Crippen MR) is 72.9 cm³/mol. The van der Waals surface area contributed by atoms with Crippen molar-refractivity contribution in [2.45, 2.75) is 0 Å². The molecule has 0 heterocycles. The van der Waals surface area contributed by atoms with Gasteiger partial charge in [-0.3, -0.25) is 4.79 Å². The van der Waals surface area contributed by atoms with Gasteiger partial charge < -0.3 is 9.64 Å². The van der Waals surface area contributed by atoms with Crippen molar-refractivity contribution in [2.24, 2.45) is 0 Å². The van der Waals surface area contributed by atoms with E-state index in [4.69, 9.17) is 16.3 Å². The molecule has 1 amide bonds. The summed E-state index contributed by atoms with van der Waals surface area (Å²) < 4.78 is 31.9. The van der Waals surface area contributed by atoms with Crippen LogP contribution in [0.5, 0.6) is 0 Å². The molecule has 1 rings (SSSR count). The zero-order chi connectivity index (χ0) is 14.4. The van der Waals surface area contributed by atoms with Crippen LogP contribution in [-0.4, -0.2) is 42.9 Å². The molecule has 0 aliphatic rings. The van der Waals surface area contributed by atoms with Crippen molar-refractivity contribution >= 4 is 33.4 Å². The minimum atomic E-state index is -0.839. The average molecular weight is 357 g/mol. The molecule has 0 unspecified atom stereocenters. The summed E-state index contributed by atoms with van der Waals surface area (Å²) in [5.41, 5.74) is -0.334. The molecule has 1 aromatic carbocycles. The highest BCUT2D eigenvalue weighted by Gasteiger charge is 2.20. The number of nitrogens with zero attached hydrogens (tertiary/aromatic N) is 1. The lowest BCUT2D eigenvalue weighted by Gasteiger charge is -2.21. The molecule has 0 radical (unpaired) electrons. The fraction of sp³-hybridized carbons (Fsp3) is 0.417. The van der Waals surface area contributed by atoms with Gasteiger partial charge in [0.1, 0.15) is 11.6 Å². The number of halogens is 4. The van der Waals surface area contributed by atoms with Crippen molar-refractivity contribution in [3.05, 3.63) is 34.4 Å². The lowest BCUT2D eigenvalue weighted by Crippen LogP contribution is -2.36. The molecule has 3 nitrogen and oxygen atoms in total. The molecular weight excluding hydrogens is 343 g/mol. The molecule has 7 heteroatoms.